The molecule has 0 atom stereocenters. The number of hydrogen-bond acceptors (Lipinski definition) is 0. The SMILES string of the molecule is [Cl-].[Cl-].[KH].[NaH].[Zn+2]. The van der Waals surface area contributed by atoms with Gasteiger partial charge >= 0.3 is 100 Å². The molecule has 0 aliphatic rings. The summed E-state index contributed by atoms with van der Waals surface area (Å²) in [7, 11) is 0. The molecule has 0 amide bonds. The van der Waals surface area contributed by atoms with E-state index in [1.165, 1.54) is 0 Å². The molecule has 0 nitrogen and oxygen atoms in total. The van der Waals surface area contributed by atoms with Gasteiger partial charge in [-0.2, -0.15) is 0 Å². The molecule has 0 saturated heterocycles. The maximum Gasteiger partial charge on any atom is 2.00 e. The Labute approximate surface area is 122 Å². The van der Waals surface area contributed by atoms with Gasteiger partial charge in [-0.1, -0.05) is 0 Å². The molecule has 5 heteroatoms. The van der Waals surface area contributed by atoms with E-state index in [1.807, 2.05) is 0 Å². The van der Waals surface area contributed by atoms with E-state index in [4.69, 9.17) is 0 Å². The van der Waals surface area contributed by atoms with Crippen LogP contribution in [0, 0.1) is 0 Å². The summed E-state index contributed by atoms with van der Waals surface area (Å²) in [5.74, 6) is 0. The molecule has 0 aromatic heterocycles. The summed E-state index contributed by atoms with van der Waals surface area (Å²) in [5, 5.41) is 0. The Bertz CT molecular complexity index is 9.61. The standard InChI is InChI=1S/2ClH.K.Na.Zn.2H/h2*1H;;;;;/q;;;;+2;;/p-2. The molecular weight excluding hydrogens is 198 g/mol. The summed E-state index contributed by atoms with van der Waals surface area (Å²) >= 11 is 0. The van der Waals surface area contributed by atoms with Crippen molar-refractivity contribution in [2.24, 2.45) is 0 Å². The summed E-state index contributed by atoms with van der Waals surface area (Å²) in [4.78, 5) is 0. The van der Waals surface area contributed by atoms with Crippen molar-refractivity contribution in [3.8, 4) is 0 Å². The first kappa shape index (κ1) is 36.9. The molecule has 0 aromatic carbocycles. The van der Waals surface area contributed by atoms with Gasteiger partial charge in [-0.3, -0.25) is 0 Å². The van der Waals surface area contributed by atoms with Gasteiger partial charge in [0.05, 0.1) is 0 Å². The fraction of sp³-hybridized carbons (Fsp3) is 0. The van der Waals surface area contributed by atoms with Crippen LogP contribution in [0.2, 0.25) is 0 Å². The van der Waals surface area contributed by atoms with Gasteiger partial charge in [-0.25, -0.2) is 0 Å². The molecule has 0 aliphatic heterocycles. The minimum Gasteiger partial charge on any atom is 2.00 e. The van der Waals surface area contributed by atoms with Gasteiger partial charge < -0.3 is 24.8 Å². The monoisotopic (exact) mass is 198 g/mol. The van der Waals surface area contributed by atoms with Crippen molar-refractivity contribution in [2.75, 3.05) is 0 Å². The zero-order valence-corrected chi connectivity index (χ0v) is 5.94. The predicted molar refractivity (Wildman–Crippen MR) is 14.3 cm³/mol. The molecule has 0 rings (SSSR count). The van der Waals surface area contributed by atoms with Gasteiger partial charge in [0.1, 0.15) is 0 Å². The largest absolute Gasteiger partial charge is 2.00 e. The quantitative estimate of drug-likeness (QED) is 0.341. The predicted octanol–water partition coefficient (Wildman–Crippen LogP) is -7.29. The van der Waals surface area contributed by atoms with Crippen LogP contribution in [0.1, 0.15) is 0 Å². The van der Waals surface area contributed by atoms with Crippen molar-refractivity contribution >= 4 is 80.9 Å². The van der Waals surface area contributed by atoms with E-state index in [9.17, 15) is 0 Å². The summed E-state index contributed by atoms with van der Waals surface area (Å²) in [6, 6.07) is 0. The molecule has 0 saturated carbocycles. The molecule has 0 fully saturated rings. The van der Waals surface area contributed by atoms with Gasteiger partial charge in [-0.15, -0.1) is 0 Å². The third kappa shape index (κ3) is 18.1. The zero-order chi connectivity index (χ0) is 0. The minimum absolute atomic E-state index is 0. The summed E-state index contributed by atoms with van der Waals surface area (Å²) in [6.07, 6.45) is 0. The molecule has 0 bridgehead atoms. The van der Waals surface area contributed by atoms with E-state index in [1.54, 1.807) is 0 Å². The second-order valence-corrected chi connectivity index (χ2v) is 0. The molecule has 0 unspecified atom stereocenters. The Balaban J connectivity index is 0. The molecule has 0 spiro atoms. The van der Waals surface area contributed by atoms with Gasteiger partial charge in [-0.05, 0) is 0 Å². The summed E-state index contributed by atoms with van der Waals surface area (Å²) < 4.78 is 0. The van der Waals surface area contributed by atoms with Crippen molar-refractivity contribution in [1.29, 1.82) is 0 Å². The van der Waals surface area contributed by atoms with Crippen LogP contribution in [-0.2, 0) is 19.5 Å². The van der Waals surface area contributed by atoms with Crippen molar-refractivity contribution in [3.63, 3.8) is 0 Å². The summed E-state index contributed by atoms with van der Waals surface area (Å²) in [6.45, 7) is 0. The van der Waals surface area contributed by atoms with Gasteiger partial charge in [0.15, 0.2) is 0 Å². The number of hydrogen-bond donors (Lipinski definition) is 0. The summed E-state index contributed by atoms with van der Waals surface area (Å²) in [5.41, 5.74) is 0. The number of halogens is 2. The van der Waals surface area contributed by atoms with E-state index in [-0.39, 0.29) is 125 Å². The Kier molecular flexibility index (Phi) is 183. The minimum atomic E-state index is 0. The van der Waals surface area contributed by atoms with Crippen molar-refractivity contribution < 1.29 is 44.3 Å². The first-order chi connectivity index (χ1) is 0. The molecular formula is H2Cl2KNaZn. The van der Waals surface area contributed by atoms with Crippen LogP contribution >= 0.6 is 0 Å². The van der Waals surface area contributed by atoms with E-state index >= 15 is 0 Å². The Morgan fingerprint density at radius 3 is 0.800 bits per heavy atom. The average Bonchev–Trinajstić information content (AvgIpc) is 0. The van der Waals surface area contributed by atoms with E-state index in [2.05, 4.69) is 0 Å². The third-order valence-corrected chi connectivity index (χ3v) is 0. The van der Waals surface area contributed by atoms with Crippen molar-refractivity contribution in [3.05, 3.63) is 0 Å². The molecule has 0 aromatic rings. The molecule has 0 N–H and O–H groups in total. The molecule has 0 heterocycles. The van der Waals surface area contributed by atoms with Gasteiger partial charge in [0, 0.05) is 0 Å². The van der Waals surface area contributed by atoms with Crippen LogP contribution in [0.5, 0.6) is 0 Å². The molecule has 0 radical (unpaired) electrons. The van der Waals surface area contributed by atoms with Crippen LogP contribution in [0.3, 0.4) is 0 Å². The Morgan fingerprint density at radius 2 is 0.800 bits per heavy atom. The fourth-order valence-electron chi connectivity index (χ4n) is 0. The van der Waals surface area contributed by atoms with Crippen molar-refractivity contribution in [1.82, 2.24) is 0 Å². The van der Waals surface area contributed by atoms with Crippen LogP contribution < -0.4 is 24.8 Å². The maximum absolute atomic E-state index is 0. The zero-order valence-electron chi connectivity index (χ0n) is 1.46. The van der Waals surface area contributed by atoms with Gasteiger partial charge in [0.2, 0.25) is 0 Å². The van der Waals surface area contributed by atoms with E-state index in [0.717, 1.165) is 0 Å². The molecule has 0 aliphatic carbocycles. The second kappa shape index (κ2) is 24.9. The number of rotatable bonds is 0. The Morgan fingerprint density at radius 1 is 0.800 bits per heavy atom. The first-order valence-electron chi connectivity index (χ1n) is 0. The topological polar surface area (TPSA) is 0 Å². The first-order valence-corrected chi connectivity index (χ1v) is 0. The molecule has 20 valence electrons. The van der Waals surface area contributed by atoms with Crippen LogP contribution in [0.15, 0.2) is 0 Å². The normalized spacial score (nSPS) is 0. The third-order valence-electron chi connectivity index (χ3n) is 0. The smallest absolute Gasteiger partial charge is 2.00 e. The Hall–Kier alpha value is 3.84. The van der Waals surface area contributed by atoms with Crippen LogP contribution in [0.4, 0.5) is 0 Å². The van der Waals surface area contributed by atoms with E-state index < -0.39 is 0 Å². The fourth-order valence-corrected chi connectivity index (χ4v) is 0. The average molecular weight is 200 g/mol. The van der Waals surface area contributed by atoms with Crippen LogP contribution in [-0.4, -0.2) is 80.9 Å². The van der Waals surface area contributed by atoms with Gasteiger partial charge in [0.25, 0.3) is 0 Å². The maximum atomic E-state index is 0. The van der Waals surface area contributed by atoms with E-state index in [0.29, 0.717) is 0 Å². The molecule has 5 heavy (non-hydrogen) atoms. The second-order valence-electron chi connectivity index (χ2n) is 0. The van der Waals surface area contributed by atoms with Crippen LogP contribution in [0.25, 0.3) is 0 Å². The van der Waals surface area contributed by atoms with Crippen molar-refractivity contribution in [2.45, 2.75) is 0 Å².